The lowest BCUT2D eigenvalue weighted by Crippen LogP contribution is -2.53. The molecule has 0 saturated heterocycles. The van der Waals surface area contributed by atoms with Gasteiger partial charge in [0, 0.05) is 18.8 Å². The Kier molecular flexibility index (Phi) is 3.56. The van der Waals surface area contributed by atoms with Crippen LogP contribution >= 0.6 is 0 Å². The SMILES string of the molecule is CCn1cc(CC(NC)C2C3CC4CC(C3)CC2C4)cn1. The quantitative estimate of drug-likeness (QED) is 0.902. The number of aryl methyl sites for hydroxylation is 1. The van der Waals surface area contributed by atoms with Crippen molar-refractivity contribution in [2.24, 2.45) is 29.6 Å². The van der Waals surface area contributed by atoms with E-state index in [4.69, 9.17) is 0 Å². The van der Waals surface area contributed by atoms with Gasteiger partial charge in [0.2, 0.25) is 0 Å². The van der Waals surface area contributed by atoms with Gasteiger partial charge in [-0.25, -0.2) is 0 Å². The second-order valence-corrected chi connectivity index (χ2v) is 7.81. The average Bonchev–Trinajstić information content (AvgIpc) is 2.92. The maximum Gasteiger partial charge on any atom is 0.0522 e. The zero-order valence-corrected chi connectivity index (χ0v) is 13.5. The smallest absolute Gasteiger partial charge is 0.0522 e. The first-order valence-electron chi connectivity index (χ1n) is 8.95. The summed E-state index contributed by atoms with van der Waals surface area (Å²) in [5.41, 5.74) is 1.41. The number of hydrogen-bond acceptors (Lipinski definition) is 2. The summed E-state index contributed by atoms with van der Waals surface area (Å²) in [5, 5.41) is 8.12. The van der Waals surface area contributed by atoms with Crippen molar-refractivity contribution >= 4 is 0 Å². The number of hydrogen-bond donors (Lipinski definition) is 1. The van der Waals surface area contributed by atoms with E-state index in [9.17, 15) is 0 Å². The molecule has 3 nitrogen and oxygen atoms in total. The van der Waals surface area contributed by atoms with Gasteiger partial charge in [0.1, 0.15) is 0 Å². The maximum absolute atomic E-state index is 4.45. The molecule has 4 aliphatic rings. The molecule has 1 heterocycles. The molecule has 4 fully saturated rings. The van der Waals surface area contributed by atoms with Crippen LogP contribution in [0.25, 0.3) is 0 Å². The van der Waals surface area contributed by atoms with Gasteiger partial charge in [0.25, 0.3) is 0 Å². The Hall–Kier alpha value is -0.830. The van der Waals surface area contributed by atoms with Gasteiger partial charge in [-0.05, 0) is 87.6 Å². The van der Waals surface area contributed by atoms with Crippen molar-refractivity contribution in [3.05, 3.63) is 18.0 Å². The predicted octanol–water partition coefficient (Wildman–Crippen LogP) is 3.11. The summed E-state index contributed by atoms with van der Waals surface area (Å²) < 4.78 is 2.05. The first-order chi connectivity index (χ1) is 10.3. The normalized spacial score (nSPS) is 38.9. The van der Waals surface area contributed by atoms with Crippen molar-refractivity contribution in [3.63, 3.8) is 0 Å². The van der Waals surface area contributed by atoms with Crippen LogP contribution in [0.5, 0.6) is 0 Å². The Labute approximate surface area is 128 Å². The molecule has 1 unspecified atom stereocenters. The zero-order chi connectivity index (χ0) is 14.4. The lowest BCUT2D eigenvalue weighted by atomic mass is 9.50. The molecule has 4 bridgehead atoms. The van der Waals surface area contributed by atoms with Gasteiger partial charge >= 0.3 is 0 Å². The second-order valence-electron chi connectivity index (χ2n) is 7.81. The minimum Gasteiger partial charge on any atom is -0.316 e. The van der Waals surface area contributed by atoms with Crippen LogP contribution in [0.1, 0.15) is 44.6 Å². The Morgan fingerprint density at radius 2 is 1.86 bits per heavy atom. The fraction of sp³-hybridized carbons (Fsp3) is 0.833. The molecule has 1 atom stereocenters. The highest BCUT2D eigenvalue weighted by molar-refractivity contribution is 5.10. The van der Waals surface area contributed by atoms with E-state index in [0.717, 1.165) is 42.6 Å². The summed E-state index contributed by atoms with van der Waals surface area (Å²) in [7, 11) is 2.17. The first kappa shape index (κ1) is 13.8. The highest BCUT2D eigenvalue weighted by Crippen LogP contribution is 2.57. The molecule has 0 radical (unpaired) electrons. The Bertz CT molecular complexity index is 464. The molecular formula is C18H29N3. The van der Waals surface area contributed by atoms with Gasteiger partial charge in [-0.2, -0.15) is 5.10 Å². The molecule has 4 aliphatic carbocycles. The maximum atomic E-state index is 4.45. The van der Waals surface area contributed by atoms with Gasteiger partial charge < -0.3 is 5.32 Å². The number of aromatic nitrogens is 2. The van der Waals surface area contributed by atoms with Gasteiger partial charge in [-0.1, -0.05) is 0 Å². The average molecular weight is 287 g/mol. The van der Waals surface area contributed by atoms with E-state index in [1.54, 1.807) is 6.42 Å². The van der Waals surface area contributed by atoms with E-state index in [2.05, 4.69) is 41.5 Å². The fourth-order valence-corrected chi connectivity index (χ4v) is 5.99. The summed E-state index contributed by atoms with van der Waals surface area (Å²) >= 11 is 0. The lowest BCUT2D eigenvalue weighted by molar-refractivity contribution is -0.0507. The minimum absolute atomic E-state index is 0.648. The number of nitrogens with one attached hydrogen (secondary N) is 1. The van der Waals surface area contributed by atoms with E-state index in [0.29, 0.717) is 6.04 Å². The molecule has 1 N–H and O–H groups in total. The van der Waals surface area contributed by atoms with Crippen LogP contribution in [0.15, 0.2) is 12.4 Å². The van der Waals surface area contributed by atoms with E-state index in [1.807, 2.05) is 0 Å². The van der Waals surface area contributed by atoms with Crippen molar-refractivity contribution in [3.8, 4) is 0 Å². The molecule has 1 aromatic rings. The molecule has 116 valence electrons. The molecule has 3 heteroatoms. The number of rotatable bonds is 5. The lowest BCUT2D eigenvalue weighted by Gasteiger charge is -2.56. The van der Waals surface area contributed by atoms with Gasteiger partial charge in [-0.3, -0.25) is 4.68 Å². The van der Waals surface area contributed by atoms with Gasteiger partial charge in [0.05, 0.1) is 6.20 Å². The van der Waals surface area contributed by atoms with Crippen LogP contribution in [-0.4, -0.2) is 22.9 Å². The molecule has 21 heavy (non-hydrogen) atoms. The fourth-order valence-electron chi connectivity index (χ4n) is 5.99. The molecule has 0 aromatic carbocycles. The summed E-state index contributed by atoms with van der Waals surface area (Å²) in [6.07, 6.45) is 13.1. The third kappa shape index (κ3) is 2.44. The Balaban J connectivity index is 1.50. The Morgan fingerprint density at radius 1 is 1.19 bits per heavy atom. The summed E-state index contributed by atoms with van der Waals surface area (Å²) in [5.74, 6) is 5.06. The van der Waals surface area contributed by atoms with Crippen LogP contribution in [0.3, 0.4) is 0 Å². The van der Waals surface area contributed by atoms with Crippen molar-refractivity contribution in [1.29, 1.82) is 0 Å². The van der Waals surface area contributed by atoms with Gasteiger partial charge in [0.15, 0.2) is 0 Å². The molecule has 1 aromatic heterocycles. The van der Waals surface area contributed by atoms with Crippen LogP contribution in [0.2, 0.25) is 0 Å². The number of nitrogens with zero attached hydrogens (tertiary/aromatic N) is 2. The van der Waals surface area contributed by atoms with Crippen LogP contribution in [0, 0.1) is 29.6 Å². The highest BCUT2D eigenvalue weighted by atomic mass is 15.3. The second kappa shape index (κ2) is 5.42. The molecule has 0 spiro atoms. The van der Waals surface area contributed by atoms with Crippen molar-refractivity contribution < 1.29 is 0 Å². The van der Waals surface area contributed by atoms with Crippen LogP contribution < -0.4 is 5.32 Å². The van der Waals surface area contributed by atoms with Crippen molar-refractivity contribution in [2.75, 3.05) is 7.05 Å². The third-order valence-electron chi connectivity index (χ3n) is 6.60. The zero-order valence-electron chi connectivity index (χ0n) is 13.5. The van der Waals surface area contributed by atoms with Crippen molar-refractivity contribution in [1.82, 2.24) is 15.1 Å². The molecule has 0 amide bonds. The largest absolute Gasteiger partial charge is 0.316 e. The predicted molar refractivity (Wildman–Crippen MR) is 85.0 cm³/mol. The molecule has 5 rings (SSSR count). The molecular weight excluding hydrogens is 258 g/mol. The first-order valence-corrected chi connectivity index (χ1v) is 8.95. The van der Waals surface area contributed by atoms with Crippen LogP contribution in [0.4, 0.5) is 0 Å². The standard InChI is InChI=1S/C18H29N3/c1-3-21-11-14(10-20-21)9-17(19-2)18-15-5-12-4-13(7-15)8-16(18)6-12/h10-13,15-19H,3-9H2,1-2H3. The van der Waals surface area contributed by atoms with E-state index >= 15 is 0 Å². The van der Waals surface area contributed by atoms with Gasteiger partial charge in [-0.15, -0.1) is 0 Å². The van der Waals surface area contributed by atoms with Crippen molar-refractivity contribution in [2.45, 2.75) is 58.0 Å². The Morgan fingerprint density at radius 3 is 2.38 bits per heavy atom. The summed E-state index contributed by atoms with van der Waals surface area (Å²) in [4.78, 5) is 0. The summed E-state index contributed by atoms with van der Waals surface area (Å²) in [6, 6.07) is 0.648. The van der Waals surface area contributed by atoms with E-state index in [-0.39, 0.29) is 0 Å². The minimum atomic E-state index is 0.648. The molecule has 0 aliphatic heterocycles. The van der Waals surface area contributed by atoms with E-state index < -0.39 is 0 Å². The third-order valence-corrected chi connectivity index (χ3v) is 6.60. The summed E-state index contributed by atoms with van der Waals surface area (Å²) in [6.45, 7) is 3.13. The van der Waals surface area contributed by atoms with Crippen LogP contribution in [-0.2, 0) is 13.0 Å². The monoisotopic (exact) mass is 287 g/mol. The topological polar surface area (TPSA) is 29.9 Å². The number of likely N-dealkylation sites (N-methyl/N-ethyl adjacent to an activating group) is 1. The molecule has 4 saturated carbocycles. The highest BCUT2D eigenvalue weighted by Gasteiger charge is 2.50. The van der Waals surface area contributed by atoms with E-state index in [1.165, 1.54) is 31.2 Å².